The fourth-order valence-electron chi connectivity index (χ4n) is 9.13. The molecule has 0 saturated carbocycles. The predicted octanol–water partition coefficient (Wildman–Crippen LogP) is 5.93. The van der Waals surface area contributed by atoms with Crippen molar-refractivity contribution in [2.75, 3.05) is 19.8 Å². The van der Waals surface area contributed by atoms with Gasteiger partial charge in [-0.15, -0.1) is 13.2 Å². The molecule has 3 aliphatic rings. The summed E-state index contributed by atoms with van der Waals surface area (Å²) in [4.78, 5) is 60.6. The molecule has 2 bridgehead atoms. The molecule has 5 rings (SSSR count). The highest BCUT2D eigenvalue weighted by Crippen LogP contribution is 2.61. The van der Waals surface area contributed by atoms with Crippen molar-refractivity contribution in [2.45, 2.75) is 107 Å². The lowest BCUT2D eigenvalue weighted by Gasteiger charge is -2.46. The van der Waals surface area contributed by atoms with Gasteiger partial charge < -0.3 is 29.7 Å². The Labute approximate surface area is 328 Å². The highest BCUT2D eigenvalue weighted by atomic mass is 79.9. The Morgan fingerprint density at radius 3 is 2.31 bits per heavy atom. The van der Waals surface area contributed by atoms with Crippen molar-refractivity contribution in [3.8, 4) is 0 Å². The molecule has 8 atom stereocenters. The number of alkyl halides is 1. The minimum absolute atomic E-state index is 0.109. The van der Waals surface area contributed by atoms with Gasteiger partial charge in [0.15, 0.2) is 0 Å². The van der Waals surface area contributed by atoms with E-state index in [1.807, 2.05) is 74.5 Å². The lowest BCUT2D eigenvalue weighted by Crippen LogP contribution is -2.63. The Morgan fingerprint density at radius 1 is 1.07 bits per heavy atom. The molecular weight excluding hydrogens is 750 g/mol. The predicted molar refractivity (Wildman–Crippen MR) is 211 cm³/mol. The summed E-state index contributed by atoms with van der Waals surface area (Å²) in [5, 5.41) is 14.1. The highest BCUT2D eigenvalue weighted by molar-refractivity contribution is 9.09. The van der Waals surface area contributed by atoms with Crippen LogP contribution in [0.2, 0.25) is 0 Å². The molecule has 2 aromatic carbocycles. The van der Waals surface area contributed by atoms with Crippen LogP contribution in [0, 0.1) is 17.3 Å². The van der Waals surface area contributed by atoms with E-state index in [9.17, 15) is 14.7 Å². The number of amides is 3. The maximum absolute atomic E-state index is 15.3. The van der Waals surface area contributed by atoms with Gasteiger partial charge in [0.25, 0.3) is 0 Å². The van der Waals surface area contributed by atoms with E-state index in [1.165, 1.54) is 4.90 Å². The van der Waals surface area contributed by atoms with E-state index in [-0.39, 0.29) is 35.7 Å². The van der Waals surface area contributed by atoms with Crippen molar-refractivity contribution in [1.29, 1.82) is 0 Å². The summed E-state index contributed by atoms with van der Waals surface area (Å²) in [6.45, 7) is 17.8. The summed E-state index contributed by atoms with van der Waals surface area (Å²) >= 11 is 3.79. The Morgan fingerprint density at radius 2 is 1.72 bits per heavy atom. The number of aliphatic hydroxyl groups excluding tert-OH is 1. The highest BCUT2D eigenvalue weighted by Gasteiger charge is 2.77. The number of likely N-dealkylation sites (tertiary alicyclic amines) is 1. The van der Waals surface area contributed by atoms with Crippen molar-refractivity contribution in [1.82, 2.24) is 15.1 Å². The summed E-state index contributed by atoms with van der Waals surface area (Å²) < 4.78 is 12.5. The molecule has 0 aliphatic carbocycles. The maximum atomic E-state index is 15.3. The molecule has 3 amide bonds. The summed E-state index contributed by atoms with van der Waals surface area (Å²) in [6.07, 6.45) is 4.54. The van der Waals surface area contributed by atoms with Gasteiger partial charge in [-0.25, -0.2) is 0 Å². The molecule has 0 aromatic heterocycles. The van der Waals surface area contributed by atoms with Crippen LogP contribution in [0.3, 0.4) is 0 Å². The minimum Gasteiger partial charge on any atom is -0.463 e. The normalized spacial score (nSPS) is 25.8. The molecule has 0 radical (unpaired) electrons. The topological polar surface area (TPSA) is 125 Å². The van der Waals surface area contributed by atoms with E-state index < -0.39 is 71.6 Å². The molecule has 11 heteroatoms. The number of aliphatic hydroxyl groups is 1. The molecule has 3 fully saturated rings. The standard InChI is InChI=1S/C43H56BrN3O7/c1-8-10-21-33(49)53-26-32(29-19-15-12-16-20-29)45-38(50)34-35-39(51)47(30(25-48)23-28-17-13-11-14-18-28)37(43(35)24-31(44)36(34)54-43)40(52)46(22-9-2)42(6,7)27-41(3,4)5/h8-9,11-20,30-32,34-37,48H,1-2,10,21-27H2,3-7H3,(H,45,50)/t30-,31?,32-,34+,35-,36+,37+,43-/m1/s1. The zero-order chi connectivity index (χ0) is 39.4. The summed E-state index contributed by atoms with van der Waals surface area (Å²) in [5.74, 6) is -3.52. The van der Waals surface area contributed by atoms with Crippen molar-refractivity contribution in [3.63, 3.8) is 0 Å². The van der Waals surface area contributed by atoms with Crippen LogP contribution in [0.1, 0.15) is 77.5 Å². The number of nitrogens with zero attached hydrogens (tertiary/aromatic N) is 2. The van der Waals surface area contributed by atoms with E-state index in [1.54, 1.807) is 17.1 Å². The number of allylic oxidation sites excluding steroid dienone is 1. The number of hydrogen-bond donors (Lipinski definition) is 2. The average Bonchev–Trinajstić information content (AvgIpc) is 3.72. The first-order chi connectivity index (χ1) is 25.6. The van der Waals surface area contributed by atoms with E-state index in [2.05, 4.69) is 55.2 Å². The smallest absolute Gasteiger partial charge is 0.306 e. The van der Waals surface area contributed by atoms with Crippen molar-refractivity contribution < 1.29 is 33.8 Å². The zero-order valence-electron chi connectivity index (χ0n) is 32.2. The zero-order valence-corrected chi connectivity index (χ0v) is 33.8. The molecule has 10 nitrogen and oxygen atoms in total. The number of esters is 1. The van der Waals surface area contributed by atoms with Gasteiger partial charge in [-0.2, -0.15) is 0 Å². The molecule has 3 aliphatic heterocycles. The quantitative estimate of drug-likeness (QED) is 0.115. The van der Waals surface area contributed by atoms with Crippen molar-refractivity contribution >= 4 is 39.6 Å². The molecule has 1 unspecified atom stereocenters. The average molecular weight is 807 g/mol. The third-order valence-electron chi connectivity index (χ3n) is 10.9. The molecule has 292 valence electrons. The van der Waals surface area contributed by atoms with Crippen LogP contribution in [0.5, 0.6) is 0 Å². The Balaban J connectivity index is 1.56. The summed E-state index contributed by atoms with van der Waals surface area (Å²) in [7, 11) is 0. The summed E-state index contributed by atoms with van der Waals surface area (Å²) in [6, 6.07) is 16.2. The van der Waals surface area contributed by atoms with Crippen LogP contribution >= 0.6 is 15.9 Å². The van der Waals surface area contributed by atoms with Gasteiger partial charge in [0, 0.05) is 23.3 Å². The number of benzene rings is 2. The molecule has 2 N–H and O–H groups in total. The second-order valence-electron chi connectivity index (χ2n) is 16.7. The summed E-state index contributed by atoms with van der Waals surface area (Å²) in [5.41, 5.74) is -0.497. The van der Waals surface area contributed by atoms with Gasteiger partial charge >= 0.3 is 5.97 Å². The molecular formula is C43H56BrN3O7. The Bertz CT molecular complexity index is 1680. The number of carbonyl (C=O) groups excluding carboxylic acids is 4. The molecule has 54 heavy (non-hydrogen) atoms. The Hall–Kier alpha value is -3.80. The van der Waals surface area contributed by atoms with Crippen molar-refractivity contribution in [3.05, 3.63) is 97.1 Å². The second-order valence-corrected chi connectivity index (χ2v) is 17.9. The minimum atomic E-state index is -1.35. The van der Waals surface area contributed by atoms with E-state index in [4.69, 9.17) is 9.47 Å². The molecule has 3 heterocycles. The third-order valence-corrected chi connectivity index (χ3v) is 11.8. The Kier molecular flexibility index (Phi) is 13.0. The van der Waals surface area contributed by atoms with Gasteiger partial charge in [0.05, 0.1) is 36.6 Å². The fraction of sp³-hybridized carbons (Fsp3) is 0.535. The molecule has 2 aromatic rings. The number of nitrogens with one attached hydrogen (secondary N) is 1. The monoisotopic (exact) mass is 805 g/mol. The fourth-order valence-corrected chi connectivity index (χ4v) is 10.1. The number of fused-ring (bicyclic) bond motifs is 1. The van der Waals surface area contributed by atoms with Crippen LogP contribution in [-0.4, -0.2) is 92.5 Å². The second kappa shape index (κ2) is 16.9. The number of halogens is 1. The van der Waals surface area contributed by atoms with Gasteiger partial charge in [-0.3, -0.25) is 19.2 Å². The van der Waals surface area contributed by atoms with Crippen LogP contribution < -0.4 is 5.32 Å². The van der Waals surface area contributed by atoms with Crippen LogP contribution in [0.25, 0.3) is 0 Å². The van der Waals surface area contributed by atoms with Crippen LogP contribution in [0.4, 0.5) is 0 Å². The van der Waals surface area contributed by atoms with Crippen molar-refractivity contribution in [2.24, 2.45) is 17.3 Å². The van der Waals surface area contributed by atoms with E-state index in [0.717, 1.165) is 11.1 Å². The lowest BCUT2D eigenvalue weighted by molar-refractivity contribution is -0.155. The number of carbonyl (C=O) groups is 4. The first kappa shape index (κ1) is 41.4. The van der Waals surface area contributed by atoms with Gasteiger partial charge in [-0.05, 0) is 56.1 Å². The molecule has 3 saturated heterocycles. The first-order valence-corrected chi connectivity index (χ1v) is 19.8. The first-order valence-electron chi connectivity index (χ1n) is 18.9. The van der Waals surface area contributed by atoms with E-state index >= 15 is 9.59 Å². The van der Waals surface area contributed by atoms with Gasteiger partial charge in [-0.1, -0.05) is 110 Å². The largest absolute Gasteiger partial charge is 0.463 e. The van der Waals surface area contributed by atoms with Gasteiger partial charge in [0.1, 0.15) is 18.2 Å². The SMILES string of the molecule is C=CCCC(=O)OC[C@@H](NC(=O)[C@@H]1[C@H]2O[C@@]3(CC2Br)[C@H](C(=O)N(CC=C)C(C)(C)CC(C)(C)C)N([C@@H](CO)Cc2ccccc2)C(=O)[C@@H]13)c1ccccc1. The number of rotatable bonds is 17. The third kappa shape index (κ3) is 8.53. The molecule has 1 spiro atoms. The van der Waals surface area contributed by atoms with Crippen LogP contribution in [-0.2, 0) is 35.1 Å². The van der Waals surface area contributed by atoms with E-state index in [0.29, 0.717) is 25.7 Å². The van der Waals surface area contributed by atoms with Gasteiger partial charge in [0.2, 0.25) is 17.7 Å². The number of hydrogen-bond acceptors (Lipinski definition) is 7. The maximum Gasteiger partial charge on any atom is 0.306 e. The lowest BCUT2D eigenvalue weighted by atomic mass is 9.70. The van der Waals surface area contributed by atoms with Crippen LogP contribution in [0.15, 0.2) is 86.0 Å². The number of ether oxygens (including phenoxy) is 2.